The van der Waals surface area contributed by atoms with Gasteiger partial charge in [-0.25, -0.2) is 36.9 Å². The number of amides is 2. The van der Waals surface area contributed by atoms with Crippen molar-refractivity contribution in [3.05, 3.63) is 107 Å². The Morgan fingerprint density at radius 2 is 0.972 bits per heavy atom. The fourth-order valence-corrected chi connectivity index (χ4v) is 9.46. The van der Waals surface area contributed by atoms with Gasteiger partial charge in [-0.2, -0.15) is 35.2 Å². The van der Waals surface area contributed by atoms with Gasteiger partial charge < -0.3 is 39.7 Å². The highest BCUT2D eigenvalue weighted by molar-refractivity contribution is 7.89. The van der Waals surface area contributed by atoms with Crippen LogP contribution < -0.4 is 9.47 Å². The molecule has 2 aliphatic rings. The van der Waals surface area contributed by atoms with Gasteiger partial charge in [0.05, 0.1) is 62.7 Å². The number of carbonyl (C=O) groups excluding carboxylic acids is 2. The Balaban J connectivity index is 0.000000229. The zero-order valence-corrected chi connectivity index (χ0v) is 38.1. The Hall–Kier alpha value is -6.86. The first-order valence-electron chi connectivity index (χ1n) is 20.9. The highest BCUT2D eigenvalue weighted by atomic mass is 32.2. The molecule has 8 rings (SSSR count). The van der Waals surface area contributed by atoms with Crippen LogP contribution in [0.1, 0.15) is 52.9 Å². The van der Waals surface area contributed by atoms with E-state index in [0.717, 1.165) is 22.0 Å². The summed E-state index contributed by atoms with van der Waals surface area (Å²) in [5.74, 6) is -1.97. The second kappa shape index (κ2) is 22.9. The highest BCUT2D eigenvalue weighted by Crippen LogP contribution is 2.33. The number of rotatable bonds is 20. The summed E-state index contributed by atoms with van der Waals surface area (Å²) in [6.07, 6.45) is -1.21. The van der Waals surface area contributed by atoms with Gasteiger partial charge in [0.2, 0.25) is 11.8 Å². The number of halogens is 4. The molecule has 2 atom stereocenters. The second-order valence-electron chi connectivity index (χ2n) is 15.3. The number of nitrogens with zero attached hydrogens (tertiary/aromatic N) is 12. The fourth-order valence-electron chi connectivity index (χ4n) is 7.40. The Labute approximate surface area is 402 Å². The minimum Gasteiger partial charge on any atom is -0.491 e. The largest absolute Gasteiger partial charge is 0.491 e. The summed E-state index contributed by atoms with van der Waals surface area (Å²) in [6, 6.07) is 13.4. The molecule has 2 amide bonds. The van der Waals surface area contributed by atoms with Gasteiger partial charge in [0.25, 0.3) is 23.2 Å². The normalized spacial score (nSPS) is 14.2. The van der Waals surface area contributed by atoms with E-state index in [2.05, 4.69) is 30.4 Å². The topological polar surface area (TPSA) is 305 Å². The molecule has 24 nitrogen and oxygen atoms in total. The molecule has 71 heavy (non-hydrogen) atoms. The minimum atomic E-state index is -4.31. The molecular formula is C41H48F4N12O12S2. The van der Waals surface area contributed by atoms with E-state index < -0.39 is 93.2 Å². The van der Waals surface area contributed by atoms with Crippen molar-refractivity contribution in [3.63, 3.8) is 0 Å². The lowest BCUT2D eigenvalue weighted by atomic mass is 9.97. The molecule has 2 aromatic carbocycles. The van der Waals surface area contributed by atoms with E-state index in [0.29, 0.717) is 53.3 Å². The number of aliphatic hydroxyl groups is 4. The average molecular weight is 1040 g/mol. The number of ether oxygens (including phenoxy) is 2. The van der Waals surface area contributed by atoms with Crippen molar-refractivity contribution in [2.45, 2.75) is 81.7 Å². The van der Waals surface area contributed by atoms with Gasteiger partial charge in [-0.15, -0.1) is 10.2 Å². The number of benzene rings is 2. The summed E-state index contributed by atoms with van der Waals surface area (Å²) in [6.45, 7) is -2.86. The summed E-state index contributed by atoms with van der Waals surface area (Å²) in [5.41, 5.74) is 2.50. The van der Waals surface area contributed by atoms with E-state index in [1.165, 1.54) is 22.2 Å². The van der Waals surface area contributed by atoms with Crippen molar-refractivity contribution >= 4 is 31.9 Å². The summed E-state index contributed by atoms with van der Waals surface area (Å²) < 4.78 is 115. The van der Waals surface area contributed by atoms with Crippen molar-refractivity contribution in [3.8, 4) is 11.5 Å². The van der Waals surface area contributed by atoms with E-state index in [4.69, 9.17) is 19.7 Å². The van der Waals surface area contributed by atoms with E-state index >= 15 is 0 Å². The third-order valence-corrected chi connectivity index (χ3v) is 13.3. The van der Waals surface area contributed by atoms with E-state index in [1.807, 2.05) is 0 Å². The standard InChI is InChI=1S/2C20H22F2N6O6S.CH4/c2*21-18(22)10-27-12-23-20(25-27)35(32,33)28-8-13-7-26(9-16(13)24-28)19(31)15(11-30)14-3-1-2-4-17(14)34-6-5-29;/h2*1-4,8,12,15,18,29-30H,5-7,9-11H2;1H4/t2*15-;/m10./s1. The fraction of sp³-hybridized carbons (Fsp3) is 0.415. The number of hydrogen-bond donors (Lipinski definition) is 4. The van der Waals surface area contributed by atoms with Gasteiger partial charge in [-0.3, -0.25) is 9.59 Å². The molecule has 0 bridgehead atoms. The van der Waals surface area contributed by atoms with E-state index in [-0.39, 0.29) is 60.0 Å². The highest BCUT2D eigenvalue weighted by Gasteiger charge is 2.37. The molecule has 6 aromatic rings. The van der Waals surface area contributed by atoms with Crippen molar-refractivity contribution in [1.82, 2.24) is 57.7 Å². The van der Waals surface area contributed by atoms with Gasteiger partial charge in [-0.1, -0.05) is 43.8 Å². The molecule has 0 aliphatic carbocycles. The molecule has 384 valence electrons. The number of fused-ring (bicyclic) bond motifs is 2. The van der Waals surface area contributed by atoms with Crippen molar-refractivity contribution < 1.29 is 73.9 Å². The number of carbonyl (C=O) groups is 2. The maximum absolute atomic E-state index is 13.2. The molecule has 0 saturated heterocycles. The maximum atomic E-state index is 13.2. The van der Waals surface area contributed by atoms with Gasteiger partial charge in [0, 0.05) is 47.7 Å². The van der Waals surface area contributed by atoms with Gasteiger partial charge >= 0.3 is 20.0 Å². The molecule has 2 aliphatic heterocycles. The Bertz CT molecular complexity index is 2780. The van der Waals surface area contributed by atoms with Crippen LogP contribution in [-0.4, -0.2) is 159 Å². The number of aromatic nitrogens is 10. The molecule has 0 unspecified atom stereocenters. The third-order valence-electron chi connectivity index (χ3n) is 10.6. The number of para-hydroxylation sites is 2. The van der Waals surface area contributed by atoms with E-state index in [9.17, 15) is 54.2 Å². The first-order valence-corrected chi connectivity index (χ1v) is 23.8. The molecule has 30 heteroatoms. The first kappa shape index (κ1) is 53.5. The van der Waals surface area contributed by atoms with Crippen LogP contribution in [0.25, 0.3) is 0 Å². The van der Waals surface area contributed by atoms with Crippen molar-refractivity contribution in [2.24, 2.45) is 0 Å². The lowest BCUT2D eigenvalue weighted by Gasteiger charge is -2.23. The molecular weight excluding hydrogens is 993 g/mol. The zero-order chi connectivity index (χ0) is 50.3. The molecule has 0 radical (unpaired) electrons. The first-order chi connectivity index (χ1) is 33.5. The zero-order valence-electron chi connectivity index (χ0n) is 36.5. The predicted octanol–water partition coefficient (Wildman–Crippen LogP) is 0.568. The van der Waals surface area contributed by atoms with Crippen LogP contribution in [0.15, 0.2) is 83.9 Å². The molecule has 0 spiro atoms. The number of aliphatic hydroxyl groups excluding tert-OH is 4. The van der Waals surface area contributed by atoms with Gasteiger partial charge in [0.15, 0.2) is 0 Å². The number of hydrogen-bond acceptors (Lipinski definition) is 18. The van der Waals surface area contributed by atoms with Crippen LogP contribution in [0.3, 0.4) is 0 Å². The Kier molecular flexibility index (Phi) is 17.3. The Morgan fingerprint density at radius 1 is 0.592 bits per heavy atom. The van der Waals surface area contributed by atoms with Crippen LogP contribution in [0.5, 0.6) is 11.5 Å². The molecule has 0 fully saturated rings. The summed E-state index contributed by atoms with van der Waals surface area (Å²) in [7, 11) is -8.62. The van der Waals surface area contributed by atoms with Crippen LogP contribution in [0.2, 0.25) is 0 Å². The van der Waals surface area contributed by atoms with Crippen LogP contribution in [0.4, 0.5) is 17.6 Å². The van der Waals surface area contributed by atoms with Crippen molar-refractivity contribution in [1.29, 1.82) is 0 Å². The maximum Gasteiger partial charge on any atom is 0.320 e. The predicted molar refractivity (Wildman–Crippen MR) is 235 cm³/mol. The Morgan fingerprint density at radius 3 is 1.31 bits per heavy atom. The third kappa shape index (κ3) is 11.8. The quantitative estimate of drug-likeness (QED) is 0.0760. The van der Waals surface area contributed by atoms with Gasteiger partial charge in [-0.05, 0) is 12.1 Å². The second-order valence-corrected chi connectivity index (χ2v) is 18.7. The number of alkyl halides is 4. The van der Waals surface area contributed by atoms with Crippen LogP contribution in [0, 0.1) is 0 Å². The molecule has 4 aromatic heterocycles. The smallest absolute Gasteiger partial charge is 0.320 e. The average Bonchev–Trinajstić information content (AvgIpc) is 4.19. The molecule has 4 N–H and O–H groups in total. The SMILES string of the molecule is C.O=C([C@@H](CO)c1ccccc1OCCO)N1Cc2cn(S(=O)(=O)c3ncn(CC(F)F)n3)nc2C1.O=C([C@H](CO)c1ccccc1OCCO)N1Cc2cn(S(=O)(=O)c3ncn(CC(F)F)n3)nc2C1. The molecule has 6 heterocycles. The van der Waals surface area contributed by atoms with Crippen molar-refractivity contribution in [2.75, 3.05) is 39.6 Å². The lowest BCUT2D eigenvalue weighted by molar-refractivity contribution is -0.135. The summed E-state index contributed by atoms with van der Waals surface area (Å²) in [4.78, 5) is 36.4. The van der Waals surface area contributed by atoms with Crippen LogP contribution in [-0.2, 0) is 68.9 Å². The monoisotopic (exact) mass is 1040 g/mol. The van der Waals surface area contributed by atoms with Gasteiger partial charge in [0.1, 0.15) is 50.5 Å². The summed E-state index contributed by atoms with van der Waals surface area (Å²) >= 11 is 0. The summed E-state index contributed by atoms with van der Waals surface area (Å²) in [5, 5.41) is 51.8. The van der Waals surface area contributed by atoms with Crippen LogP contribution >= 0.6 is 0 Å². The molecule has 0 saturated carbocycles. The van der Waals surface area contributed by atoms with E-state index in [1.54, 1.807) is 48.5 Å². The lowest BCUT2D eigenvalue weighted by Crippen LogP contribution is -2.33. The minimum absolute atomic E-state index is 0.